The zero-order chi connectivity index (χ0) is 21.4. The maximum Gasteiger partial charge on any atom is 0.307 e. The summed E-state index contributed by atoms with van der Waals surface area (Å²) in [4.78, 5) is 25.5. The van der Waals surface area contributed by atoms with E-state index in [2.05, 4.69) is 4.72 Å². The number of nitrogens with zero attached hydrogens (tertiary/aromatic N) is 1. The highest BCUT2D eigenvalue weighted by molar-refractivity contribution is 7.89. The van der Waals surface area contributed by atoms with E-state index in [0.29, 0.717) is 12.1 Å². The molecular formula is C21H26N2O5S. The molecule has 0 aliphatic rings. The molecule has 0 aliphatic heterocycles. The molecule has 2 aromatic rings. The summed E-state index contributed by atoms with van der Waals surface area (Å²) in [7, 11) is -2.09. The van der Waals surface area contributed by atoms with Crippen LogP contribution in [-0.2, 0) is 30.9 Å². The number of hydrogen-bond acceptors (Lipinski definition) is 5. The molecule has 7 nitrogen and oxygen atoms in total. The van der Waals surface area contributed by atoms with Gasteiger partial charge in [-0.15, -0.1) is 0 Å². The number of amides is 1. The number of carbonyl (C=O) groups excluding carboxylic acids is 2. The molecule has 1 amide bonds. The van der Waals surface area contributed by atoms with Gasteiger partial charge < -0.3 is 9.64 Å². The lowest BCUT2D eigenvalue weighted by molar-refractivity contribution is -0.151. The number of likely N-dealkylation sites (N-methyl/N-ethyl adjacent to an activating group) is 1. The van der Waals surface area contributed by atoms with Crippen molar-refractivity contribution in [2.45, 2.75) is 31.7 Å². The van der Waals surface area contributed by atoms with Gasteiger partial charge in [0.2, 0.25) is 10.0 Å². The minimum absolute atomic E-state index is 0.109. The molecule has 0 saturated carbocycles. The molecule has 2 rings (SSSR count). The summed E-state index contributed by atoms with van der Waals surface area (Å²) in [6.45, 7) is 3.51. The van der Waals surface area contributed by atoms with Gasteiger partial charge in [-0.1, -0.05) is 48.0 Å². The molecule has 0 aromatic heterocycles. The standard InChI is InChI=1S/C21H26N2O5S/c1-16-9-10-19(17(2)13-16)29(26,27)22-12-11-21(25)28-15-20(24)23(3)14-18-7-5-4-6-8-18/h4-10,13,22H,11-12,14-15H2,1-3H3. The lowest BCUT2D eigenvalue weighted by atomic mass is 10.2. The Kier molecular flexibility index (Phi) is 7.92. The molecule has 156 valence electrons. The van der Waals surface area contributed by atoms with E-state index in [4.69, 9.17) is 4.74 Å². The Morgan fingerprint density at radius 1 is 1.07 bits per heavy atom. The predicted molar refractivity (Wildman–Crippen MR) is 110 cm³/mol. The van der Waals surface area contributed by atoms with Gasteiger partial charge in [0.05, 0.1) is 11.3 Å². The number of rotatable bonds is 9. The third kappa shape index (κ3) is 6.99. The lowest BCUT2D eigenvalue weighted by Gasteiger charge is -2.17. The predicted octanol–water partition coefficient (Wildman–Crippen LogP) is 2.17. The maximum atomic E-state index is 12.4. The van der Waals surface area contributed by atoms with E-state index in [9.17, 15) is 18.0 Å². The van der Waals surface area contributed by atoms with Crippen molar-refractivity contribution in [2.75, 3.05) is 20.2 Å². The van der Waals surface area contributed by atoms with Gasteiger partial charge in [-0.2, -0.15) is 0 Å². The van der Waals surface area contributed by atoms with Gasteiger partial charge >= 0.3 is 5.97 Å². The van der Waals surface area contributed by atoms with Crippen LogP contribution in [0.1, 0.15) is 23.1 Å². The molecule has 0 radical (unpaired) electrons. The first kappa shape index (κ1) is 22.6. The molecule has 0 fully saturated rings. The monoisotopic (exact) mass is 418 g/mol. The number of ether oxygens (including phenoxy) is 1. The first-order valence-electron chi connectivity index (χ1n) is 9.19. The number of hydrogen-bond donors (Lipinski definition) is 1. The zero-order valence-electron chi connectivity index (χ0n) is 16.8. The van der Waals surface area contributed by atoms with Gasteiger partial charge in [0.25, 0.3) is 5.91 Å². The molecule has 0 heterocycles. The van der Waals surface area contributed by atoms with Crippen LogP contribution in [0.2, 0.25) is 0 Å². The molecule has 0 saturated heterocycles. The maximum absolute atomic E-state index is 12.4. The average Bonchev–Trinajstić information content (AvgIpc) is 2.66. The summed E-state index contributed by atoms with van der Waals surface area (Å²) in [5.74, 6) is -0.979. The van der Waals surface area contributed by atoms with E-state index in [1.165, 1.54) is 11.0 Å². The van der Waals surface area contributed by atoms with Gasteiger partial charge in [0.1, 0.15) is 0 Å². The highest BCUT2D eigenvalue weighted by Crippen LogP contribution is 2.16. The third-order valence-electron chi connectivity index (χ3n) is 4.29. The van der Waals surface area contributed by atoms with Crippen molar-refractivity contribution in [3.63, 3.8) is 0 Å². The topological polar surface area (TPSA) is 92.8 Å². The van der Waals surface area contributed by atoms with Crippen LogP contribution in [0, 0.1) is 13.8 Å². The minimum Gasteiger partial charge on any atom is -0.456 e. The van der Waals surface area contributed by atoms with Crippen molar-refractivity contribution >= 4 is 21.9 Å². The van der Waals surface area contributed by atoms with Gasteiger partial charge in [-0.25, -0.2) is 13.1 Å². The van der Waals surface area contributed by atoms with Crippen molar-refractivity contribution in [2.24, 2.45) is 0 Å². The van der Waals surface area contributed by atoms with E-state index in [1.54, 1.807) is 26.1 Å². The summed E-state index contributed by atoms with van der Waals surface area (Å²) in [6.07, 6.45) is -0.167. The van der Waals surface area contributed by atoms with E-state index in [1.807, 2.05) is 37.3 Å². The fourth-order valence-corrected chi connectivity index (χ4v) is 3.99. The Morgan fingerprint density at radius 3 is 2.41 bits per heavy atom. The van der Waals surface area contributed by atoms with E-state index >= 15 is 0 Å². The summed E-state index contributed by atoms with van der Waals surface area (Å²) >= 11 is 0. The first-order chi connectivity index (χ1) is 13.7. The molecule has 0 spiro atoms. The van der Waals surface area contributed by atoms with Gasteiger partial charge in [-0.3, -0.25) is 9.59 Å². The summed E-state index contributed by atoms with van der Waals surface area (Å²) in [5.41, 5.74) is 2.56. The molecule has 0 unspecified atom stereocenters. The minimum atomic E-state index is -3.72. The lowest BCUT2D eigenvalue weighted by Crippen LogP contribution is -2.32. The Balaban J connectivity index is 1.76. The second-order valence-electron chi connectivity index (χ2n) is 6.81. The van der Waals surface area contributed by atoms with Crippen LogP contribution in [0.15, 0.2) is 53.4 Å². The quantitative estimate of drug-likeness (QED) is 0.630. The summed E-state index contributed by atoms with van der Waals surface area (Å²) in [6, 6.07) is 14.5. The molecule has 0 bridgehead atoms. The van der Waals surface area contributed by atoms with Crippen molar-refractivity contribution in [3.05, 3.63) is 65.2 Å². The Bertz CT molecular complexity index is 958. The number of benzene rings is 2. The van der Waals surface area contributed by atoms with Crippen molar-refractivity contribution in [1.29, 1.82) is 0 Å². The van der Waals surface area contributed by atoms with Crippen LogP contribution in [0.25, 0.3) is 0 Å². The molecule has 0 atom stereocenters. The van der Waals surface area contributed by atoms with Crippen LogP contribution < -0.4 is 4.72 Å². The molecule has 0 aliphatic carbocycles. The van der Waals surface area contributed by atoms with Crippen molar-refractivity contribution in [1.82, 2.24) is 9.62 Å². The van der Waals surface area contributed by atoms with Crippen LogP contribution in [0.5, 0.6) is 0 Å². The number of aryl methyl sites for hydroxylation is 2. The van der Waals surface area contributed by atoms with Crippen LogP contribution in [0.4, 0.5) is 0 Å². The zero-order valence-corrected chi connectivity index (χ0v) is 17.7. The summed E-state index contributed by atoms with van der Waals surface area (Å²) < 4.78 is 32.0. The summed E-state index contributed by atoms with van der Waals surface area (Å²) in [5, 5.41) is 0. The van der Waals surface area contributed by atoms with Crippen LogP contribution in [-0.4, -0.2) is 45.4 Å². The highest BCUT2D eigenvalue weighted by Gasteiger charge is 2.18. The Hall–Kier alpha value is -2.71. The van der Waals surface area contributed by atoms with Crippen LogP contribution >= 0.6 is 0 Å². The largest absolute Gasteiger partial charge is 0.456 e. The highest BCUT2D eigenvalue weighted by atomic mass is 32.2. The van der Waals surface area contributed by atoms with E-state index in [0.717, 1.165) is 11.1 Å². The second kappa shape index (κ2) is 10.2. The molecular weight excluding hydrogens is 392 g/mol. The van der Waals surface area contributed by atoms with Crippen LogP contribution in [0.3, 0.4) is 0 Å². The first-order valence-corrected chi connectivity index (χ1v) is 10.7. The molecule has 8 heteroatoms. The number of sulfonamides is 1. The second-order valence-corrected chi connectivity index (χ2v) is 8.55. The van der Waals surface area contributed by atoms with Gasteiger partial charge in [0.15, 0.2) is 6.61 Å². The number of carbonyl (C=O) groups is 2. The van der Waals surface area contributed by atoms with Gasteiger partial charge in [-0.05, 0) is 31.0 Å². The Labute approximate surface area is 171 Å². The van der Waals surface area contributed by atoms with Crippen molar-refractivity contribution < 1.29 is 22.7 Å². The smallest absolute Gasteiger partial charge is 0.307 e. The van der Waals surface area contributed by atoms with E-state index < -0.39 is 16.0 Å². The average molecular weight is 419 g/mol. The van der Waals surface area contributed by atoms with E-state index in [-0.39, 0.29) is 30.4 Å². The SMILES string of the molecule is Cc1ccc(S(=O)(=O)NCCC(=O)OCC(=O)N(C)Cc2ccccc2)c(C)c1. The fourth-order valence-electron chi connectivity index (χ4n) is 2.74. The molecule has 29 heavy (non-hydrogen) atoms. The van der Waals surface area contributed by atoms with Crippen molar-refractivity contribution in [3.8, 4) is 0 Å². The number of nitrogens with one attached hydrogen (secondary N) is 1. The fraction of sp³-hybridized carbons (Fsp3) is 0.333. The number of esters is 1. The van der Waals surface area contributed by atoms with Gasteiger partial charge in [0, 0.05) is 20.1 Å². The molecule has 2 aromatic carbocycles. The third-order valence-corrected chi connectivity index (χ3v) is 5.91. The molecule has 1 N–H and O–H groups in total. The Morgan fingerprint density at radius 2 is 1.76 bits per heavy atom. The normalized spacial score (nSPS) is 11.1.